The molecule has 0 aliphatic carbocycles. The van der Waals surface area contributed by atoms with Crippen LogP contribution in [0.25, 0.3) is 0 Å². The number of piperidine rings is 1. The van der Waals surface area contributed by atoms with Gasteiger partial charge in [-0.3, -0.25) is 0 Å². The molecular weight excluding hydrogens is 288 g/mol. The highest BCUT2D eigenvalue weighted by atomic mass is 79.9. The van der Waals surface area contributed by atoms with Gasteiger partial charge in [-0.05, 0) is 48.7 Å². The van der Waals surface area contributed by atoms with Gasteiger partial charge in [-0.1, -0.05) is 11.3 Å². The molecule has 1 aromatic heterocycles. The fourth-order valence-corrected chi connectivity index (χ4v) is 3.97. The van der Waals surface area contributed by atoms with E-state index in [2.05, 4.69) is 32.9 Å². The molecule has 16 heavy (non-hydrogen) atoms. The topological polar surface area (TPSA) is 25.4 Å². The Labute approximate surface area is 108 Å². The van der Waals surface area contributed by atoms with Crippen LogP contribution < -0.4 is 4.74 Å². The summed E-state index contributed by atoms with van der Waals surface area (Å²) in [7, 11) is 2.25. The maximum Gasteiger partial charge on any atom is 0.274 e. The van der Waals surface area contributed by atoms with Gasteiger partial charge in [-0.15, -0.1) is 0 Å². The van der Waals surface area contributed by atoms with Crippen LogP contribution in [0.3, 0.4) is 0 Å². The van der Waals surface area contributed by atoms with Crippen molar-refractivity contribution in [2.24, 2.45) is 0 Å². The Morgan fingerprint density at radius 2 is 2.12 bits per heavy atom. The minimum absolute atomic E-state index is 0.367. The first-order chi connectivity index (χ1) is 7.72. The number of nitrogens with zero attached hydrogens (tertiary/aromatic N) is 2. The van der Waals surface area contributed by atoms with E-state index in [9.17, 15) is 0 Å². The first-order valence-corrected chi connectivity index (χ1v) is 7.33. The Hall–Kier alpha value is -0.130. The molecule has 3 heterocycles. The maximum atomic E-state index is 5.96. The fraction of sp³-hybridized carbons (Fsp3) is 0.727. The van der Waals surface area contributed by atoms with Crippen molar-refractivity contribution in [3.05, 3.63) is 9.98 Å². The first-order valence-electron chi connectivity index (χ1n) is 5.72. The van der Waals surface area contributed by atoms with E-state index in [1.54, 1.807) is 11.3 Å². The zero-order valence-electron chi connectivity index (χ0n) is 9.23. The second kappa shape index (κ2) is 4.27. The van der Waals surface area contributed by atoms with Gasteiger partial charge in [0.25, 0.3) is 5.19 Å². The molecule has 3 rings (SSSR count). The molecule has 88 valence electrons. The highest BCUT2D eigenvalue weighted by Gasteiger charge is 2.39. The maximum absolute atomic E-state index is 5.96. The average molecular weight is 303 g/mol. The Bertz CT molecular complexity index is 370. The molecule has 2 fully saturated rings. The van der Waals surface area contributed by atoms with Gasteiger partial charge in [-0.2, -0.15) is 0 Å². The lowest BCUT2D eigenvalue weighted by molar-refractivity contribution is 0.0660. The summed E-state index contributed by atoms with van der Waals surface area (Å²) in [4.78, 5) is 6.76. The van der Waals surface area contributed by atoms with E-state index in [1.807, 2.05) is 6.20 Å². The van der Waals surface area contributed by atoms with Gasteiger partial charge in [0.05, 0.1) is 9.98 Å². The fourth-order valence-electron chi connectivity index (χ4n) is 2.89. The molecule has 0 aromatic carbocycles. The van der Waals surface area contributed by atoms with Crippen LogP contribution in [-0.2, 0) is 0 Å². The molecule has 0 amide bonds. The minimum Gasteiger partial charge on any atom is -0.467 e. The number of hydrogen-bond donors (Lipinski definition) is 0. The first kappa shape index (κ1) is 11.0. The smallest absolute Gasteiger partial charge is 0.274 e. The van der Waals surface area contributed by atoms with E-state index >= 15 is 0 Å². The van der Waals surface area contributed by atoms with E-state index in [0.29, 0.717) is 6.10 Å². The van der Waals surface area contributed by atoms with Crippen molar-refractivity contribution in [3.8, 4) is 5.19 Å². The van der Waals surface area contributed by atoms with Crippen LogP contribution in [0.15, 0.2) is 9.98 Å². The van der Waals surface area contributed by atoms with Crippen molar-refractivity contribution in [1.29, 1.82) is 0 Å². The van der Waals surface area contributed by atoms with Gasteiger partial charge >= 0.3 is 0 Å². The van der Waals surface area contributed by atoms with Gasteiger partial charge in [0, 0.05) is 12.1 Å². The van der Waals surface area contributed by atoms with E-state index in [1.165, 1.54) is 12.8 Å². The Balaban J connectivity index is 1.65. The van der Waals surface area contributed by atoms with Crippen LogP contribution in [0.1, 0.15) is 25.7 Å². The van der Waals surface area contributed by atoms with Crippen LogP contribution in [0.2, 0.25) is 0 Å². The van der Waals surface area contributed by atoms with Crippen molar-refractivity contribution in [2.75, 3.05) is 7.05 Å². The Morgan fingerprint density at radius 1 is 1.44 bits per heavy atom. The lowest BCUT2D eigenvalue weighted by Gasteiger charge is -2.35. The lowest BCUT2D eigenvalue weighted by Crippen LogP contribution is -2.43. The van der Waals surface area contributed by atoms with E-state index in [4.69, 9.17) is 4.74 Å². The van der Waals surface area contributed by atoms with Crippen LogP contribution in [-0.4, -0.2) is 35.1 Å². The van der Waals surface area contributed by atoms with Gasteiger partial charge in [0.2, 0.25) is 0 Å². The minimum atomic E-state index is 0.367. The molecule has 0 saturated carbocycles. The summed E-state index contributed by atoms with van der Waals surface area (Å²) in [6.45, 7) is 0. The molecule has 2 saturated heterocycles. The number of aromatic nitrogens is 1. The molecule has 0 radical (unpaired) electrons. The van der Waals surface area contributed by atoms with Crippen LogP contribution in [0.4, 0.5) is 0 Å². The largest absolute Gasteiger partial charge is 0.467 e. The molecule has 0 unspecified atom stereocenters. The van der Waals surface area contributed by atoms with Crippen LogP contribution in [0, 0.1) is 0 Å². The second-order valence-corrected chi connectivity index (χ2v) is 7.06. The number of halogens is 1. The third kappa shape index (κ3) is 2.00. The molecule has 0 spiro atoms. The third-order valence-electron chi connectivity index (χ3n) is 3.78. The number of hydrogen-bond acceptors (Lipinski definition) is 4. The predicted molar refractivity (Wildman–Crippen MR) is 68.0 cm³/mol. The molecule has 2 aliphatic rings. The summed E-state index contributed by atoms with van der Waals surface area (Å²) in [6, 6.07) is 1.46. The van der Waals surface area contributed by atoms with Crippen LogP contribution in [0.5, 0.6) is 5.19 Å². The van der Waals surface area contributed by atoms with E-state index in [0.717, 1.165) is 33.9 Å². The van der Waals surface area contributed by atoms with Crippen molar-refractivity contribution in [2.45, 2.75) is 43.9 Å². The zero-order valence-corrected chi connectivity index (χ0v) is 11.6. The highest BCUT2D eigenvalue weighted by molar-refractivity contribution is 9.11. The molecule has 0 N–H and O–H groups in total. The third-order valence-corrected chi connectivity index (χ3v) is 5.15. The summed E-state index contributed by atoms with van der Waals surface area (Å²) < 4.78 is 7.00. The SMILES string of the molecule is CN1[C@@H]2CC[C@H]1C[C@H](Oc1ncc(Br)s1)C2. The van der Waals surface area contributed by atoms with Crippen molar-refractivity contribution in [1.82, 2.24) is 9.88 Å². The standard InChI is InChI=1S/C11H15BrN2OS/c1-14-7-2-3-8(14)5-9(4-7)15-11-13-6-10(12)16-11/h6-9H,2-5H2,1H3/t7-,8+,9-. The van der Waals surface area contributed by atoms with E-state index < -0.39 is 0 Å². The van der Waals surface area contributed by atoms with Crippen molar-refractivity contribution in [3.63, 3.8) is 0 Å². The lowest BCUT2D eigenvalue weighted by atomic mass is 10.0. The van der Waals surface area contributed by atoms with Crippen molar-refractivity contribution >= 4 is 27.3 Å². The predicted octanol–water partition coefficient (Wildman–Crippen LogP) is 2.91. The van der Waals surface area contributed by atoms with Gasteiger partial charge < -0.3 is 9.64 Å². The average Bonchev–Trinajstić information content (AvgIpc) is 2.72. The summed E-state index contributed by atoms with van der Waals surface area (Å²) in [6.07, 6.45) is 7.16. The molecule has 1 aromatic rings. The summed E-state index contributed by atoms with van der Waals surface area (Å²) in [5, 5.41) is 0.806. The Morgan fingerprint density at radius 3 is 2.69 bits per heavy atom. The van der Waals surface area contributed by atoms with Gasteiger partial charge in [0.1, 0.15) is 6.10 Å². The molecular formula is C11H15BrN2OS. The number of thiazole rings is 1. The molecule has 3 atom stereocenters. The molecule has 2 aliphatic heterocycles. The summed E-state index contributed by atoms with van der Waals surface area (Å²) in [5.41, 5.74) is 0. The van der Waals surface area contributed by atoms with E-state index in [-0.39, 0.29) is 0 Å². The summed E-state index contributed by atoms with van der Waals surface area (Å²) >= 11 is 4.99. The zero-order chi connectivity index (χ0) is 11.1. The van der Waals surface area contributed by atoms with Gasteiger partial charge in [-0.25, -0.2) is 4.98 Å². The second-order valence-electron chi connectivity index (χ2n) is 4.69. The number of ether oxygens (including phenoxy) is 1. The molecule has 3 nitrogen and oxygen atoms in total. The number of rotatable bonds is 2. The number of fused-ring (bicyclic) bond motifs is 2. The quantitative estimate of drug-likeness (QED) is 0.840. The molecule has 5 heteroatoms. The normalized spacial score (nSPS) is 34.2. The Kier molecular flexibility index (Phi) is 2.94. The monoisotopic (exact) mass is 302 g/mol. The highest BCUT2D eigenvalue weighted by Crippen LogP contribution is 2.36. The van der Waals surface area contributed by atoms with Gasteiger partial charge in [0.15, 0.2) is 0 Å². The molecule has 2 bridgehead atoms. The van der Waals surface area contributed by atoms with Crippen molar-refractivity contribution < 1.29 is 4.74 Å². The van der Waals surface area contributed by atoms with Crippen LogP contribution >= 0.6 is 27.3 Å². The summed E-state index contributed by atoms with van der Waals surface area (Å²) in [5.74, 6) is 0.